The van der Waals surface area contributed by atoms with Crippen molar-refractivity contribution in [3.63, 3.8) is 0 Å². The van der Waals surface area contributed by atoms with E-state index in [1.807, 2.05) is 6.07 Å². The molecule has 0 radical (unpaired) electrons. The van der Waals surface area contributed by atoms with Gasteiger partial charge in [-0.25, -0.2) is 0 Å². The molecule has 6 rings (SSSR count). The molecule has 0 atom stereocenters. The van der Waals surface area contributed by atoms with Gasteiger partial charge in [0.05, 0.1) is 0 Å². The van der Waals surface area contributed by atoms with Crippen LogP contribution in [-0.2, 0) is 0 Å². The molecular weight excluding hydrogens is 364 g/mol. The van der Waals surface area contributed by atoms with E-state index in [1.165, 1.54) is 27.5 Å². The largest absolute Gasteiger partial charge is 0.455 e. The molecule has 0 aliphatic carbocycles. The number of aryl methyl sites for hydroxylation is 1. The van der Waals surface area contributed by atoms with Crippen LogP contribution in [0.4, 0.5) is 0 Å². The van der Waals surface area contributed by atoms with Crippen molar-refractivity contribution in [2.24, 2.45) is 0 Å². The van der Waals surface area contributed by atoms with Crippen molar-refractivity contribution in [3.05, 3.63) is 109 Å². The highest BCUT2D eigenvalue weighted by Gasteiger charge is 2.16. The normalized spacial score (nSPS) is 11.5. The van der Waals surface area contributed by atoms with E-state index in [9.17, 15) is 0 Å². The molecule has 5 aromatic carbocycles. The summed E-state index contributed by atoms with van der Waals surface area (Å²) in [4.78, 5) is 0. The maximum absolute atomic E-state index is 6.60. The second-order valence-corrected chi connectivity index (χ2v) is 7.81. The fourth-order valence-electron chi connectivity index (χ4n) is 4.56. The van der Waals surface area contributed by atoms with E-state index < -0.39 is 0 Å². The van der Waals surface area contributed by atoms with Crippen LogP contribution in [0.15, 0.2) is 108 Å². The molecule has 0 saturated heterocycles. The molecule has 0 amide bonds. The van der Waals surface area contributed by atoms with Gasteiger partial charge < -0.3 is 4.42 Å². The summed E-state index contributed by atoms with van der Waals surface area (Å²) in [6.45, 7) is 2.17. The Morgan fingerprint density at radius 2 is 1.03 bits per heavy atom. The topological polar surface area (TPSA) is 13.1 Å². The van der Waals surface area contributed by atoms with Gasteiger partial charge in [0.1, 0.15) is 11.2 Å². The Morgan fingerprint density at radius 3 is 1.80 bits per heavy atom. The molecule has 0 N–H and O–H groups in total. The lowest BCUT2D eigenvalue weighted by Crippen LogP contribution is -1.85. The second kappa shape index (κ2) is 6.60. The lowest BCUT2D eigenvalue weighted by molar-refractivity contribution is 0.671. The van der Waals surface area contributed by atoms with Crippen molar-refractivity contribution >= 4 is 32.7 Å². The van der Waals surface area contributed by atoms with Crippen LogP contribution in [0.25, 0.3) is 55.0 Å². The number of hydrogen-bond donors (Lipinski definition) is 0. The molecule has 0 bridgehead atoms. The third kappa shape index (κ3) is 2.49. The highest BCUT2D eigenvalue weighted by molar-refractivity contribution is 6.14. The standard InChI is InChI=1S/C29H20O/c1-19-17-18-24(23-12-6-5-11-21(19)23)25-14-8-16-27-26-15-7-13-22(28(26)30-29(25)27)20-9-3-2-4-10-20/h2-18H,1H3. The Balaban J connectivity index is 1.69. The number of furan rings is 1. The molecule has 0 saturated carbocycles. The Labute approximate surface area is 175 Å². The van der Waals surface area contributed by atoms with Crippen LogP contribution in [0, 0.1) is 6.92 Å². The molecular formula is C29H20O. The summed E-state index contributed by atoms with van der Waals surface area (Å²) in [5.74, 6) is 0. The molecule has 30 heavy (non-hydrogen) atoms. The minimum atomic E-state index is 0.947. The highest BCUT2D eigenvalue weighted by atomic mass is 16.3. The molecule has 1 nitrogen and oxygen atoms in total. The van der Waals surface area contributed by atoms with Crippen molar-refractivity contribution in [1.29, 1.82) is 0 Å². The molecule has 1 heterocycles. The fourth-order valence-corrected chi connectivity index (χ4v) is 4.56. The molecule has 0 fully saturated rings. The van der Waals surface area contributed by atoms with E-state index in [0.717, 1.165) is 33.1 Å². The van der Waals surface area contributed by atoms with E-state index in [0.29, 0.717) is 0 Å². The molecule has 142 valence electrons. The number of para-hydroxylation sites is 2. The monoisotopic (exact) mass is 384 g/mol. The first kappa shape index (κ1) is 17.1. The smallest absolute Gasteiger partial charge is 0.143 e. The van der Waals surface area contributed by atoms with Crippen LogP contribution in [0.2, 0.25) is 0 Å². The van der Waals surface area contributed by atoms with Crippen LogP contribution in [0.1, 0.15) is 5.56 Å². The zero-order valence-electron chi connectivity index (χ0n) is 16.7. The summed E-state index contributed by atoms with van der Waals surface area (Å²) >= 11 is 0. The summed E-state index contributed by atoms with van der Waals surface area (Å²) in [6.07, 6.45) is 0. The number of benzene rings is 5. The maximum atomic E-state index is 6.60. The van der Waals surface area contributed by atoms with Gasteiger partial charge in [0.15, 0.2) is 0 Å². The zero-order chi connectivity index (χ0) is 20.1. The Kier molecular flexibility index (Phi) is 3.75. The van der Waals surface area contributed by atoms with Gasteiger partial charge in [-0.1, -0.05) is 103 Å². The predicted octanol–water partition coefficient (Wildman–Crippen LogP) is 8.38. The summed E-state index contributed by atoms with van der Waals surface area (Å²) in [7, 11) is 0. The Bertz CT molecular complexity index is 1540. The van der Waals surface area contributed by atoms with Gasteiger partial charge >= 0.3 is 0 Å². The molecule has 0 aliphatic heterocycles. The molecule has 1 aromatic heterocycles. The average molecular weight is 384 g/mol. The predicted molar refractivity (Wildman–Crippen MR) is 127 cm³/mol. The molecule has 0 spiro atoms. The van der Waals surface area contributed by atoms with Crippen LogP contribution in [-0.4, -0.2) is 0 Å². The van der Waals surface area contributed by atoms with E-state index in [1.54, 1.807) is 0 Å². The van der Waals surface area contributed by atoms with Crippen molar-refractivity contribution in [1.82, 2.24) is 0 Å². The average Bonchev–Trinajstić information content (AvgIpc) is 3.19. The fraction of sp³-hybridized carbons (Fsp3) is 0.0345. The van der Waals surface area contributed by atoms with Gasteiger partial charge in [-0.3, -0.25) is 0 Å². The van der Waals surface area contributed by atoms with E-state index in [-0.39, 0.29) is 0 Å². The summed E-state index contributed by atoms with van der Waals surface area (Å²) in [5.41, 5.74) is 7.83. The lowest BCUT2D eigenvalue weighted by Gasteiger charge is -2.09. The zero-order valence-corrected chi connectivity index (χ0v) is 16.7. The van der Waals surface area contributed by atoms with Crippen LogP contribution < -0.4 is 0 Å². The maximum Gasteiger partial charge on any atom is 0.143 e. The van der Waals surface area contributed by atoms with Crippen LogP contribution >= 0.6 is 0 Å². The first-order valence-corrected chi connectivity index (χ1v) is 10.3. The van der Waals surface area contributed by atoms with Gasteiger partial charge in [0.25, 0.3) is 0 Å². The molecule has 6 aromatic rings. The first-order valence-electron chi connectivity index (χ1n) is 10.3. The van der Waals surface area contributed by atoms with Crippen molar-refractivity contribution in [2.45, 2.75) is 6.92 Å². The minimum Gasteiger partial charge on any atom is -0.455 e. The van der Waals surface area contributed by atoms with Gasteiger partial charge in [-0.05, 0) is 34.4 Å². The first-order chi connectivity index (χ1) is 14.8. The van der Waals surface area contributed by atoms with Gasteiger partial charge in [0, 0.05) is 21.9 Å². The SMILES string of the molecule is Cc1ccc(-c2cccc3c2oc2c(-c4ccccc4)cccc23)c2ccccc12. The van der Waals surface area contributed by atoms with Gasteiger partial charge in [-0.2, -0.15) is 0 Å². The van der Waals surface area contributed by atoms with E-state index in [4.69, 9.17) is 4.42 Å². The quantitative estimate of drug-likeness (QED) is 0.292. The van der Waals surface area contributed by atoms with Gasteiger partial charge in [-0.15, -0.1) is 0 Å². The highest BCUT2D eigenvalue weighted by Crippen LogP contribution is 2.41. The van der Waals surface area contributed by atoms with E-state index >= 15 is 0 Å². The van der Waals surface area contributed by atoms with Crippen LogP contribution in [0.3, 0.4) is 0 Å². The molecule has 0 aliphatic rings. The second-order valence-electron chi connectivity index (χ2n) is 7.81. The van der Waals surface area contributed by atoms with Gasteiger partial charge in [0.2, 0.25) is 0 Å². The van der Waals surface area contributed by atoms with E-state index in [2.05, 4.69) is 104 Å². The molecule has 0 unspecified atom stereocenters. The molecule has 1 heteroatoms. The minimum absolute atomic E-state index is 0.947. The number of fused-ring (bicyclic) bond motifs is 4. The van der Waals surface area contributed by atoms with Crippen LogP contribution in [0.5, 0.6) is 0 Å². The lowest BCUT2D eigenvalue weighted by atomic mass is 9.94. The van der Waals surface area contributed by atoms with Crippen molar-refractivity contribution < 1.29 is 4.42 Å². The number of rotatable bonds is 2. The summed E-state index contributed by atoms with van der Waals surface area (Å²) in [5, 5.41) is 4.86. The van der Waals surface area contributed by atoms with Crippen molar-refractivity contribution in [3.8, 4) is 22.3 Å². The third-order valence-corrected chi connectivity index (χ3v) is 6.04. The Hall–Kier alpha value is -3.84. The Morgan fingerprint density at radius 1 is 0.433 bits per heavy atom. The summed E-state index contributed by atoms with van der Waals surface area (Å²) < 4.78 is 6.60. The third-order valence-electron chi connectivity index (χ3n) is 6.04. The van der Waals surface area contributed by atoms with Crippen molar-refractivity contribution in [2.75, 3.05) is 0 Å². The summed E-state index contributed by atoms with van der Waals surface area (Å²) in [6, 6.07) is 36.4. The number of hydrogen-bond acceptors (Lipinski definition) is 1.